The molecule has 0 fully saturated rings. The van der Waals surface area contributed by atoms with Crippen LogP contribution in [0, 0.1) is 0 Å². The van der Waals surface area contributed by atoms with Gasteiger partial charge in [0.1, 0.15) is 5.75 Å². The molecular weight excluding hydrogens is 178 g/mol. The molecule has 0 unspecified atom stereocenters. The molecule has 0 saturated carbocycles. The minimum absolute atomic E-state index is 0.655. The van der Waals surface area contributed by atoms with E-state index in [4.69, 9.17) is 4.74 Å². The summed E-state index contributed by atoms with van der Waals surface area (Å²) in [5, 5.41) is 2.60. The first-order valence-corrected chi connectivity index (χ1v) is 4.80. The second-order valence-electron chi connectivity index (χ2n) is 2.96. The van der Waals surface area contributed by atoms with Crippen molar-refractivity contribution in [2.75, 3.05) is 11.9 Å². The van der Waals surface area contributed by atoms with Crippen molar-refractivity contribution in [2.45, 2.75) is 19.8 Å². The number of hydrogen-bond acceptors (Lipinski definition) is 2. The highest BCUT2D eigenvalue weighted by atomic mass is 16.5. The molecule has 0 aliphatic rings. The zero-order valence-corrected chi connectivity index (χ0v) is 8.32. The lowest BCUT2D eigenvalue weighted by Crippen LogP contribution is -2.01. The Morgan fingerprint density at radius 3 is 2.93 bits per heavy atom. The van der Waals surface area contributed by atoms with E-state index in [0.29, 0.717) is 13.0 Å². The molecule has 0 aromatic heterocycles. The van der Waals surface area contributed by atoms with Gasteiger partial charge in [-0.1, -0.05) is 25.5 Å². The third-order valence-electron chi connectivity index (χ3n) is 1.86. The Morgan fingerprint density at radius 1 is 1.43 bits per heavy atom. The van der Waals surface area contributed by atoms with Crippen LogP contribution in [-0.4, -0.2) is 13.0 Å². The number of hydrogen-bond donors (Lipinski definition) is 1. The van der Waals surface area contributed by atoms with E-state index in [-0.39, 0.29) is 0 Å². The fourth-order valence-corrected chi connectivity index (χ4v) is 1.10. The maximum atomic E-state index is 10.3. The highest BCUT2D eigenvalue weighted by Gasteiger charge is 2.00. The van der Waals surface area contributed by atoms with Crippen LogP contribution < -0.4 is 10.1 Å². The Labute approximate surface area is 84.1 Å². The van der Waals surface area contributed by atoms with Gasteiger partial charge in [0.2, 0.25) is 6.41 Å². The van der Waals surface area contributed by atoms with E-state index >= 15 is 0 Å². The second-order valence-corrected chi connectivity index (χ2v) is 2.96. The van der Waals surface area contributed by atoms with Crippen LogP contribution in [0.1, 0.15) is 19.8 Å². The summed E-state index contributed by atoms with van der Waals surface area (Å²) in [6.45, 7) is 2.80. The summed E-state index contributed by atoms with van der Waals surface area (Å²) < 4.78 is 5.51. The van der Waals surface area contributed by atoms with Crippen molar-refractivity contribution in [1.29, 1.82) is 0 Å². The molecule has 1 aromatic rings. The molecule has 1 aromatic carbocycles. The zero-order chi connectivity index (χ0) is 10.2. The maximum Gasteiger partial charge on any atom is 0.211 e. The molecule has 0 aliphatic carbocycles. The van der Waals surface area contributed by atoms with E-state index in [1.54, 1.807) is 0 Å². The van der Waals surface area contributed by atoms with E-state index in [1.165, 1.54) is 0 Å². The summed E-state index contributed by atoms with van der Waals surface area (Å²) in [6.07, 6.45) is 2.78. The highest BCUT2D eigenvalue weighted by Crippen LogP contribution is 2.22. The van der Waals surface area contributed by atoms with E-state index < -0.39 is 0 Å². The van der Waals surface area contributed by atoms with Gasteiger partial charge in [0, 0.05) is 0 Å². The first-order chi connectivity index (χ1) is 6.88. The van der Waals surface area contributed by atoms with Gasteiger partial charge in [-0.25, -0.2) is 0 Å². The van der Waals surface area contributed by atoms with Gasteiger partial charge >= 0.3 is 0 Å². The van der Waals surface area contributed by atoms with Gasteiger partial charge in [-0.05, 0) is 18.6 Å². The quantitative estimate of drug-likeness (QED) is 0.556. The molecule has 0 aliphatic heterocycles. The van der Waals surface area contributed by atoms with Gasteiger partial charge in [-0.15, -0.1) is 0 Å². The predicted molar refractivity (Wildman–Crippen MR) is 56.5 cm³/mol. The largest absolute Gasteiger partial charge is 0.491 e. The molecule has 0 heterocycles. The molecule has 0 spiro atoms. The number of nitrogens with one attached hydrogen (secondary N) is 1. The van der Waals surface area contributed by atoms with E-state index in [1.807, 2.05) is 24.3 Å². The fraction of sp³-hybridized carbons (Fsp3) is 0.364. The van der Waals surface area contributed by atoms with Crippen molar-refractivity contribution in [3.05, 3.63) is 24.3 Å². The minimum atomic E-state index is 0.655. The number of carbonyl (C=O) groups is 1. The summed E-state index contributed by atoms with van der Waals surface area (Å²) in [6, 6.07) is 7.41. The molecular formula is C11H15NO2. The monoisotopic (exact) mass is 193 g/mol. The van der Waals surface area contributed by atoms with Gasteiger partial charge in [-0.2, -0.15) is 0 Å². The third kappa shape index (κ3) is 3.09. The second kappa shape index (κ2) is 6.02. The summed E-state index contributed by atoms with van der Waals surface area (Å²) in [4.78, 5) is 10.3. The van der Waals surface area contributed by atoms with Crippen LogP contribution in [0.2, 0.25) is 0 Å². The molecule has 1 rings (SSSR count). The molecule has 0 saturated heterocycles. The van der Waals surface area contributed by atoms with Crippen LogP contribution in [0.5, 0.6) is 5.75 Å². The average Bonchev–Trinajstić information content (AvgIpc) is 2.21. The Balaban J connectivity index is 2.59. The number of anilines is 1. The van der Waals surface area contributed by atoms with Crippen molar-refractivity contribution < 1.29 is 9.53 Å². The Bertz CT molecular complexity index is 286. The predicted octanol–water partition coefficient (Wildman–Crippen LogP) is 2.43. The summed E-state index contributed by atoms with van der Waals surface area (Å²) in [5.74, 6) is 0.730. The topological polar surface area (TPSA) is 38.3 Å². The zero-order valence-electron chi connectivity index (χ0n) is 8.32. The van der Waals surface area contributed by atoms with E-state index in [2.05, 4.69) is 12.2 Å². The van der Waals surface area contributed by atoms with Crippen molar-refractivity contribution in [1.82, 2.24) is 0 Å². The Kier molecular flexibility index (Phi) is 4.55. The molecule has 1 amide bonds. The maximum absolute atomic E-state index is 10.3. The Hall–Kier alpha value is -1.51. The van der Waals surface area contributed by atoms with Crippen LogP contribution in [0.15, 0.2) is 24.3 Å². The van der Waals surface area contributed by atoms with Gasteiger partial charge in [-0.3, -0.25) is 4.79 Å². The number of ether oxygens (including phenoxy) is 1. The Morgan fingerprint density at radius 2 is 2.21 bits per heavy atom. The van der Waals surface area contributed by atoms with Gasteiger partial charge in [0.15, 0.2) is 0 Å². The fourth-order valence-electron chi connectivity index (χ4n) is 1.10. The lowest BCUT2D eigenvalue weighted by molar-refractivity contribution is -0.105. The van der Waals surface area contributed by atoms with Crippen molar-refractivity contribution in [2.24, 2.45) is 0 Å². The van der Waals surface area contributed by atoms with Gasteiger partial charge < -0.3 is 10.1 Å². The SMILES string of the molecule is CCCCOc1ccccc1NC=O. The number of para-hydroxylation sites is 2. The third-order valence-corrected chi connectivity index (χ3v) is 1.86. The number of carbonyl (C=O) groups excluding carboxylic acids is 1. The molecule has 3 heteroatoms. The van der Waals surface area contributed by atoms with Crippen LogP contribution >= 0.6 is 0 Å². The van der Waals surface area contributed by atoms with Crippen LogP contribution in [-0.2, 0) is 4.79 Å². The number of benzene rings is 1. The van der Waals surface area contributed by atoms with Crippen LogP contribution in [0.25, 0.3) is 0 Å². The van der Waals surface area contributed by atoms with Gasteiger partial charge in [0.05, 0.1) is 12.3 Å². The van der Waals surface area contributed by atoms with Gasteiger partial charge in [0.25, 0.3) is 0 Å². The molecule has 3 nitrogen and oxygen atoms in total. The van der Waals surface area contributed by atoms with Crippen LogP contribution in [0.3, 0.4) is 0 Å². The van der Waals surface area contributed by atoms with Crippen molar-refractivity contribution in [3.63, 3.8) is 0 Å². The summed E-state index contributed by atoms with van der Waals surface area (Å²) in [7, 11) is 0. The van der Waals surface area contributed by atoms with E-state index in [9.17, 15) is 4.79 Å². The number of rotatable bonds is 6. The van der Waals surface area contributed by atoms with Crippen molar-refractivity contribution in [3.8, 4) is 5.75 Å². The molecule has 1 N–H and O–H groups in total. The summed E-state index contributed by atoms with van der Waals surface area (Å²) in [5.41, 5.74) is 0.721. The summed E-state index contributed by atoms with van der Waals surface area (Å²) >= 11 is 0. The molecule has 0 atom stereocenters. The lowest BCUT2D eigenvalue weighted by Gasteiger charge is -2.09. The number of unbranched alkanes of at least 4 members (excludes halogenated alkanes) is 1. The molecule has 76 valence electrons. The highest BCUT2D eigenvalue weighted by molar-refractivity contribution is 5.75. The van der Waals surface area contributed by atoms with E-state index in [0.717, 1.165) is 24.3 Å². The molecule has 0 bridgehead atoms. The molecule has 0 radical (unpaired) electrons. The van der Waals surface area contributed by atoms with Crippen molar-refractivity contribution >= 4 is 12.1 Å². The lowest BCUT2D eigenvalue weighted by atomic mass is 10.3. The minimum Gasteiger partial charge on any atom is -0.491 e. The molecule has 14 heavy (non-hydrogen) atoms. The van der Waals surface area contributed by atoms with Crippen LogP contribution in [0.4, 0.5) is 5.69 Å². The average molecular weight is 193 g/mol. The number of amides is 1. The first-order valence-electron chi connectivity index (χ1n) is 4.80. The normalized spacial score (nSPS) is 9.50. The smallest absolute Gasteiger partial charge is 0.211 e. The first kappa shape index (κ1) is 10.6. The standard InChI is InChI=1S/C11H15NO2/c1-2-3-8-14-11-7-5-4-6-10(11)12-9-13/h4-7,9H,2-3,8H2,1H3,(H,12,13).